The molecule has 3 aliphatic rings. The van der Waals surface area contributed by atoms with E-state index in [1.165, 1.54) is 49.9 Å². The van der Waals surface area contributed by atoms with Crippen molar-refractivity contribution in [3.63, 3.8) is 0 Å². The van der Waals surface area contributed by atoms with Crippen LogP contribution in [0.15, 0.2) is 206 Å². The van der Waals surface area contributed by atoms with Crippen molar-refractivity contribution in [1.29, 1.82) is 0 Å². The molecular formula is C52H38N4. The standard InChI is InChI=1S/C52H38N4/c1-4-14-35(15-5-1)46-34-47(54-52(53-46)37-16-6-2-7-17-37)36-24-28-41(29-25-36)56-49-23-13-11-21-43(49)45-33-39(27-31-51(45)56)38-26-30-50-44(32-38)42-20-10-12-22-48(42)55(50)40-18-8-3-9-19-40/h1-22,24-34,45,49,51H,23H2. The second-order valence-electron chi connectivity index (χ2n) is 14.9. The molecule has 2 aromatic heterocycles. The largest absolute Gasteiger partial charge is 0.357 e. The lowest BCUT2D eigenvalue weighted by atomic mass is 9.84. The third-order valence-electron chi connectivity index (χ3n) is 11.7. The van der Waals surface area contributed by atoms with E-state index in [1.807, 2.05) is 24.3 Å². The van der Waals surface area contributed by atoms with Gasteiger partial charge in [-0.25, -0.2) is 9.97 Å². The van der Waals surface area contributed by atoms with Gasteiger partial charge in [-0.05, 0) is 71.7 Å². The number of hydrogen-bond acceptors (Lipinski definition) is 3. The molecule has 3 atom stereocenters. The highest BCUT2D eigenvalue weighted by Gasteiger charge is 2.44. The van der Waals surface area contributed by atoms with Gasteiger partial charge in [0.25, 0.3) is 0 Å². The monoisotopic (exact) mass is 718 g/mol. The van der Waals surface area contributed by atoms with Crippen LogP contribution in [-0.4, -0.2) is 26.6 Å². The van der Waals surface area contributed by atoms with Crippen molar-refractivity contribution in [1.82, 2.24) is 14.5 Å². The van der Waals surface area contributed by atoms with Gasteiger partial charge in [-0.2, -0.15) is 0 Å². The molecule has 6 aromatic carbocycles. The van der Waals surface area contributed by atoms with Gasteiger partial charge in [0.2, 0.25) is 0 Å². The molecule has 2 aliphatic carbocycles. The van der Waals surface area contributed by atoms with Crippen molar-refractivity contribution in [3.05, 3.63) is 211 Å². The van der Waals surface area contributed by atoms with Gasteiger partial charge in [0.1, 0.15) is 0 Å². The number of nitrogens with zero attached hydrogens (tertiary/aromatic N) is 4. The number of allylic oxidation sites excluding steroid dienone is 4. The van der Waals surface area contributed by atoms with Crippen LogP contribution < -0.4 is 4.90 Å². The van der Waals surface area contributed by atoms with Crippen molar-refractivity contribution < 1.29 is 0 Å². The minimum Gasteiger partial charge on any atom is -0.357 e. The summed E-state index contributed by atoms with van der Waals surface area (Å²) in [7, 11) is 0. The van der Waals surface area contributed by atoms with Gasteiger partial charge in [-0.1, -0.05) is 152 Å². The van der Waals surface area contributed by atoms with Gasteiger partial charge in [0.15, 0.2) is 5.82 Å². The number of para-hydroxylation sites is 2. The summed E-state index contributed by atoms with van der Waals surface area (Å²) in [5, 5.41) is 2.55. The number of rotatable bonds is 6. The van der Waals surface area contributed by atoms with E-state index in [0.29, 0.717) is 6.04 Å². The van der Waals surface area contributed by atoms with Crippen molar-refractivity contribution in [2.75, 3.05) is 4.90 Å². The lowest BCUT2D eigenvalue weighted by Crippen LogP contribution is -2.37. The molecule has 1 aliphatic heterocycles. The first-order valence-corrected chi connectivity index (χ1v) is 19.5. The van der Waals surface area contributed by atoms with E-state index in [-0.39, 0.29) is 12.0 Å². The zero-order valence-electron chi connectivity index (χ0n) is 30.8. The molecule has 0 bridgehead atoms. The molecule has 3 unspecified atom stereocenters. The number of hydrogen-bond donors (Lipinski definition) is 0. The van der Waals surface area contributed by atoms with Gasteiger partial charge in [0.05, 0.1) is 34.5 Å². The fraction of sp³-hybridized carbons (Fsp3) is 0.0769. The van der Waals surface area contributed by atoms with Crippen molar-refractivity contribution in [2.24, 2.45) is 5.92 Å². The first-order chi connectivity index (χ1) is 27.8. The molecule has 4 heteroatoms. The third-order valence-corrected chi connectivity index (χ3v) is 11.7. The fourth-order valence-corrected chi connectivity index (χ4v) is 9.10. The molecule has 1 saturated heterocycles. The summed E-state index contributed by atoms with van der Waals surface area (Å²) in [5.41, 5.74) is 13.9. The topological polar surface area (TPSA) is 34.0 Å². The Morgan fingerprint density at radius 2 is 1.18 bits per heavy atom. The zero-order chi connectivity index (χ0) is 37.0. The molecule has 1 fully saturated rings. The molecule has 3 heterocycles. The summed E-state index contributed by atoms with van der Waals surface area (Å²) in [5.74, 6) is 1.02. The van der Waals surface area contributed by atoms with Crippen LogP contribution in [0, 0.1) is 5.92 Å². The molecule has 4 nitrogen and oxygen atoms in total. The molecule has 0 radical (unpaired) electrons. The molecule has 266 valence electrons. The first-order valence-electron chi connectivity index (χ1n) is 19.5. The highest BCUT2D eigenvalue weighted by Crippen LogP contribution is 2.46. The van der Waals surface area contributed by atoms with Gasteiger partial charge in [0, 0.05) is 44.8 Å². The molecule has 56 heavy (non-hydrogen) atoms. The lowest BCUT2D eigenvalue weighted by molar-refractivity contribution is 0.675. The molecule has 11 rings (SSSR count). The summed E-state index contributed by atoms with van der Waals surface area (Å²) in [6.07, 6.45) is 15.2. The Morgan fingerprint density at radius 3 is 1.95 bits per heavy atom. The summed E-state index contributed by atoms with van der Waals surface area (Å²) < 4.78 is 2.38. The van der Waals surface area contributed by atoms with Crippen LogP contribution in [0.25, 0.3) is 67.0 Å². The highest BCUT2D eigenvalue weighted by molar-refractivity contribution is 6.10. The van der Waals surface area contributed by atoms with Gasteiger partial charge in [-0.15, -0.1) is 0 Å². The SMILES string of the molecule is C1=CCC2C(=C1)C1C=C(c3ccc4c(c3)c3ccccc3n4-c3ccccc3)C=CC1N2c1ccc(-c2cc(-c3ccccc3)nc(-c3ccccc3)n2)cc1. The van der Waals surface area contributed by atoms with Crippen molar-refractivity contribution in [3.8, 4) is 39.6 Å². The van der Waals surface area contributed by atoms with E-state index >= 15 is 0 Å². The predicted molar refractivity (Wildman–Crippen MR) is 232 cm³/mol. The maximum absolute atomic E-state index is 5.08. The Labute approximate surface area is 326 Å². The van der Waals surface area contributed by atoms with Crippen molar-refractivity contribution >= 4 is 33.1 Å². The maximum Gasteiger partial charge on any atom is 0.160 e. The third kappa shape index (κ3) is 5.45. The van der Waals surface area contributed by atoms with Gasteiger partial charge in [-0.3, -0.25) is 0 Å². The summed E-state index contributed by atoms with van der Waals surface area (Å²) in [6.45, 7) is 0. The van der Waals surface area contributed by atoms with Crippen LogP contribution >= 0.6 is 0 Å². The van der Waals surface area contributed by atoms with E-state index in [1.54, 1.807) is 0 Å². The summed E-state index contributed by atoms with van der Waals surface area (Å²) in [6, 6.07) is 58.7. The normalized spacial score (nSPS) is 18.5. The molecule has 0 N–H and O–H groups in total. The van der Waals surface area contributed by atoms with Gasteiger partial charge >= 0.3 is 0 Å². The molecule has 8 aromatic rings. The molecule has 0 amide bonds. The average Bonchev–Trinajstić information content (AvgIpc) is 3.79. The lowest BCUT2D eigenvalue weighted by Gasteiger charge is -2.32. The zero-order valence-corrected chi connectivity index (χ0v) is 30.8. The smallest absolute Gasteiger partial charge is 0.160 e. The second-order valence-corrected chi connectivity index (χ2v) is 14.9. The highest BCUT2D eigenvalue weighted by atomic mass is 15.2. The maximum atomic E-state index is 5.08. The number of benzene rings is 6. The van der Waals surface area contributed by atoms with Crippen LogP contribution in [0.1, 0.15) is 12.0 Å². The van der Waals surface area contributed by atoms with Gasteiger partial charge < -0.3 is 9.47 Å². The Bertz CT molecular complexity index is 2820. The van der Waals surface area contributed by atoms with E-state index in [0.717, 1.165) is 40.3 Å². The van der Waals surface area contributed by atoms with E-state index in [2.05, 4.69) is 185 Å². The van der Waals surface area contributed by atoms with E-state index in [9.17, 15) is 0 Å². The fourth-order valence-electron chi connectivity index (χ4n) is 9.10. The summed E-state index contributed by atoms with van der Waals surface area (Å²) >= 11 is 0. The number of anilines is 1. The van der Waals surface area contributed by atoms with E-state index in [4.69, 9.17) is 9.97 Å². The molecule has 0 spiro atoms. The second kappa shape index (κ2) is 13.4. The van der Waals surface area contributed by atoms with Crippen LogP contribution in [0.4, 0.5) is 5.69 Å². The van der Waals surface area contributed by atoms with Crippen LogP contribution in [0.2, 0.25) is 0 Å². The predicted octanol–water partition coefficient (Wildman–Crippen LogP) is 12.3. The number of aromatic nitrogens is 3. The quantitative estimate of drug-likeness (QED) is 0.172. The number of fused-ring (bicyclic) bond motifs is 6. The van der Waals surface area contributed by atoms with E-state index < -0.39 is 0 Å². The Hall–Kier alpha value is -7.04. The average molecular weight is 719 g/mol. The minimum atomic E-state index is 0.234. The summed E-state index contributed by atoms with van der Waals surface area (Å²) in [4.78, 5) is 12.7. The Morgan fingerprint density at radius 1 is 0.536 bits per heavy atom. The Balaban J connectivity index is 0.938. The molecular weight excluding hydrogens is 681 g/mol. The minimum absolute atomic E-state index is 0.234. The van der Waals surface area contributed by atoms with Crippen molar-refractivity contribution in [2.45, 2.75) is 18.5 Å². The van der Waals surface area contributed by atoms with Crippen LogP contribution in [0.5, 0.6) is 0 Å². The van der Waals surface area contributed by atoms with Crippen LogP contribution in [-0.2, 0) is 0 Å². The molecule has 0 saturated carbocycles. The van der Waals surface area contributed by atoms with Crippen LogP contribution in [0.3, 0.4) is 0 Å². The Kier molecular flexibility index (Phi) is 7.73. The first kappa shape index (κ1) is 32.4.